The molecule has 2 aromatic rings. The van der Waals surface area contributed by atoms with Crippen molar-refractivity contribution in [3.63, 3.8) is 0 Å². The lowest BCUT2D eigenvalue weighted by Crippen LogP contribution is -2.46. The number of ether oxygens (including phenoxy) is 5. The normalized spacial score (nSPS) is 17.5. The highest BCUT2D eigenvalue weighted by Gasteiger charge is 2.36. The van der Waals surface area contributed by atoms with Crippen LogP contribution in [0.5, 0.6) is 11.5 Å². The fourth-order valence-corrected chi connectivity index (χ4v) is 8.28. The van der Waals surface area contributed by atoms with Gasteiger partial charge < -0.3 is 39.2 Å². The lowest BCUT2D eigenvalue weighted by molar-refractivity contribution is -0.155. The summed E-state index contributed by atoms with van der Waals surface area (Å²) >= 11 is 0. The van der Waals surface area contributed by atoms with Crippen molar-refractivity contribution in [1.29, 1.82) is 0 Å². The Labute approximate surface area is 378 Å². The molecule has 1 aliphatic heterocycles. The van der Waals surface area contributed by atoms with Crippen molar-refractivity contribution in [3.8, 4) is 22.6 Å². The predicted molar refractivity (Wildman–Crippen MR) is 241 cm³/mol. The number of esters is 2. The van der Waals surface area contributed by atoms with Crippen molar-refractivity contribution >= 4 is 45.5 Å². The van der Waals surface area contributed by atoms with E-state index >= 15 is 0 Å². The van der Waals surface area contributed by atoms with E-state index in [1.807, 2.05) is 6.92 Å². The van der Waals surface area contributed by atoms with Crippen molar-refractivity contribution in [2.24, 2.45) is 11.8 Å². The van der Waals surface area contributed by atoms with Gasteiger partial charge in [0, 0.05) is 49.6 Å². The van der Waals surface area contributed by atoms with Crippen LogP contribution in [-0.4, -0.2) is 112 Å². The summed E-state index contributed by atoms with van der Waals surface area (Å²) in [5.41, 5.74) is 0.640. The van der Waals surface area contributed by atoms with Crippen LogP contribution in [0, 0.1) is 11.8 Å². The van der Waals surface area contributed by atoms with Gasteiger partial charge in [-0.05, 0) is 96.2 Å². The van der Waals surface area contributed by atoms with E-state index in [1.165, 1.54) is 19.1 Å². The molecule has 2 aromatic carbocycles. The second kappa shape index (κ2) is 23.7. The molecular formula is C47H69N3O13S. The standard InChI is InChI=1S/C47H69N3O13S/c1-12-23-60-39-21-19-32-28-35(39)34-26-31(18-20-38(34)61-24-22-48-45(56)63-47(6,7)8)27-36(44(55)59-10)49-42(53)30(2)25-37(51)41(32)50(9)43(54)33(29-64(11,57)58)16-14-13-15-17-40(52)62-46(3,4)5/h18-21,26,28,30,33,36,41H,12-17,22-25,27,29H2,1-11H3,(H,48,56)(H,49,53)/t30-,33-,36+,41+/m1/s1. The number of fused-ring (bicyclic) bond motifs is 5. The molecule has 0 spiro atoms. The van der Waals surface area contributed by atoms with E-state index in [0.717, 1.165) is 6.26 Å². The van der Waals surface area contributed by atoms with Crippen molar-refractivity contribution in [3.05, 3.63) is 47.5 Å². The molecule has 4 bridgehead atoms. The zero-order valence-electron chi connectivity index (χ0n) is 39.4. The number of carbonyl (C=O) groups is 6. The highest BCUT2D eigenvalue weighted by molar-refractivity contribution is 7.90. The summed E-state index contributed by atoms with van der Waals surface area (Å²) in [6.45, 7) is 14.5. The number of nitrogens with zero attached hydrogens (tertiary/aromatic N) is 1. The third-order valence-electron chi connectivity index (χ3n) is 10.1. The maximum atomic E-state index is 14.6. The van der Waals surface area contributed by atoms with Gasteiger partial charge in [-0.2, -0.15) is 0 Å². The maximum absolute atomic E-state index is 14.6. The lowest BCUT2D eigenvalue weighted by Gasteiger charge is -2.32. The molecule has 1 heterocycles. The van der Waals surface area contributed by atoms with Crippen LogP contribution in [0.15, 0.2) is 36.4 Å². The van der Waals surface area contributed by atoms with Gasteiger partial charge >= 0.3 is 18.0 Å². The number of likely N-dealkylation sites (N-methyl/N-ethyl adjacent to an activating group) is 1. The third kappa shape index (κ3) is 17.4. The minimum absolute atomic E-state index is 0.0240. The van der Waals surface area contributed by atoms with Crippen LogP contribution >= 0.6 is 0 Å². The molecule has 0 unspecified atom stereocenters. The number of amides is 3. The van der Waals surface area contributed by atoms with Crippen LogP contribution in [0.4, 0.5) is 4.79 Å². The number of hydrogen-bond acceptors (Lipinski definition) is 13. The van der Waals surface area contributed by atoms with Gasteiger partial charge in [-0.1, -0.05) is 38.8 Å². The highest BCUT2D eigenvalue weighted by atomic mass is 32.2. The second-order valence-electron chi connectivity index (χ2n) is 18.4. The quantitative estimate of drug-likeness (QED) is 0.0956. The van der Waals surface area contributed by atoms with Crippen LogP contribution in [0.3, 0.4) is 0 Å². The number of ketones is 1. The summed E-state index contributed by atoms with van der Waals surface area (Å²) in [6.07, 6.45) is 2.57. The number of Topliss-reactive ketones (excluding diaryl/α,β-unsaturated/α-hetero) is 1. The molecule has 1 aliphatic rings. The third-order valence-corrected chi connectivity index (χ3v) is 11.1. The topological polar surface area (TPSA) is 210 Å². The van der Waals surface area contributed by atoms with Crippen molar-refractivity contribution in [2.75, 3.05) is 45.9 Å². The summed E-state index contributed by atoms with van der Waals surface area (Å²) in [4.78, 5) is 81.8. The zero-order valence-corrected chi connectivity index (χ0v) is 40.2. The molecule has 0 aromatic heterocycles. The molecule has 356 valence electrons. The number of carbonyl (C=O) groups excluding carboxylic acids is 6. The van der Waals surface area contributed by atoms with E-state index in [1.54, 1.807) is 84.9 Å². The Hall–Kier alpha value is -5.19. The Kier molecular flexibility index (Phi) is 19.6. The van der Waals surface area contributed by atoms with Gasteiger partial charge in [-0.3, -0.25) is 19.2 Å². The highest BCUT2D eigenvalue weighted by Crippen LogP contribution is 2.41. The van der Waals surface area contributed by atoms with Gasteiger partial charge in [0.25, 0.3) is 0 Å². The summed E-state index contributed by atoms with van der Waals surface area (Å²) in [5, 5.41) is 5.41. The van der Waals surface area contributed by atoms with Gasteiger partial charge in [0.05, 0.1) is 31.9 Å². The van der Waals surface area contributed by atoms with E-state index in [-0.39, 0.29) is 44.8 Å². The second-order valence-corrected chi connectivity index (χ2v) is 20.6. The maximum Gasteiger partial charge on any atom is 0.407 e. The fraction of sp³-hybridized carbons (Fsp3) is 0.617. The Bertz CT molecular complexity index is 2070. The van der Waals surface area contributed by atoms with Crippen LogP contribution in [-0.2, 0) is 54.4 Å². The molecular weight excluding hydrogens is 847 g/mol. The van der Waals surface area contributed by atoms with Gasteiger partial charge in [0.15, 0.2) is 5.78 Å². The molecule has 3 amide bonds. The van der Waals surface area contributed by atoms with E-state index < -0.39 is 80.4 Å². The summed E-state index contributed by atoms with van der Waals surface area (Å²) < 4.78 is 53.8. The monoisotopic (exact) mass is 915 g/mol. The van der Waals surface area contributed by atoms with Crippen molar-refractivity contribution in [1.82, 2.24) is 15.5 Å². The molecule has 16 nitrogen and oxygen atoms in total. The smallest absolute Gasteiger partial charge is 0.407 e. The molecule has 0 aliphatic carbocycles. The Morgan fingerprint density at radius 2 is 1.50 bits per heavy atom. The number of rotatable bonds is 18. The lowest BCUT2D eigenvalue weighted by atomic mass is 9.89. The molecule has 4 atom stereocenters. The van der Waals surface area contributed by atoms with Gasteiger partial charge in [0.1, 0.15) is 51.2 Å². The van der Waals surface area contributed by atoms with E-state index in [0.29, 0.717) is 66.0 Å². The summed E-state index contributed by atoms with van der Waals surface area (Å²) in [5.74, 6) is -4.38. The number of sulfone groups is 1. The first-order chi connectivity index (χ1) is 29.8. The van der Waals surface area contributed by atoms with E-state index in [2.05, 4.69) is 10.6 Å². The van der Waals surface area contributed by atoms with E-state index in [9.17, 15) is 37.2 Å². The molecule has 0 saturated heterocycles. The molecule has 0 saturated carbocycles. The fourth-order valence-electron chi connectivity index (χ4n) is 7.24. The SMILES string of the molecule is CCCOc1ccc2cc1-c1cc(ccc1OCCNC(=O)OC(C)(C)C)C[C@@H](C(=O)OC)NC(=O)[C@H](C)CC(=O)[C@H]2N(C)C(=O)[C@H](CCCCCC(=O)OC(C)(C)C)CS(C)(=O)=O. The number of nitrogens with one attached hydrogen (secondary N) is 2. The predicted octanol–water partition coefficient (Wildman–Crippen LogP) is 6.31. The molecule has 3 rings (SSSR count). The Morgan fingerprint density at radius 1 is 0.875 bits per heavy atom. The van der Waals surface area contributed by atoms with Crippen LogP contribution < -0.4 is 20.1 Å². The summed E-state index contributed by atoms with van der Waals surface area (Å²) in [6, 6.07) is 7.88. The molecule has 17 heteroatoms. The number of methoxy groups -OCH3 is 1. The summed E-state index contributed by atoms with van der Waals surface area (Å²) in [7, 11) is -1.02. The van der Waals surface area contributed by atoms with Crippen molar-refractivity contribution in [2.45, 2.75) is 130 Å². The van der Waals surface area contributed by atoms with Gasteiger partial charge in [-0.15, -0.1) is 0 Å². The van der Waals surface area contributed by atoms with Crippen LogP contribution in [0.2, 0.25) is 0 Å². The first kappa shape index (κ1) is 53.2. The number of hydrogen-bond donors (Lipinski definition) is 2. The van der Waals surface area contributed by atoms with Crippen LogP contribution in [0.1, 0.15) is 118 Å². The van der Waals surface area contributed by atoms with Crippen LogP contribution in [0.25, 0.3) is 11.1 Å². The first-order valence-corrected chi connectivity index (χ1v) is 23.9. The number of alkyl carbamates (subject to hydrolysis) is 1. The average molecular weight is 916 g/mol. The van der Waals surface area contributed by atoms with Crippen molar-refractivity contribution < 1.29 is 60.9 Å². The Balaban J connectivity index is 2.16. The molecule has 0 fully saturated rings. The molecule has 0 radical (unpaired) electrons. The minimum Gasteiger partial charge on any atom is -0.493 e. The van der Waals surface area contributed by atoms with E-state index in [4.69, 9.17) is 23.7 Å². The molecule has 2 N–H and O–H groups in total. The minimum atomic E-state index is -3.68. The zero-order chi connectivity index (χ0) is 48.0. The molecule has 64 heavy (non-hydrogen) atoms. The van der Waals surface area contributed by atoms with Gasteiger partial charge in [0.2, 0.25) is 11.8 Å². The number of unbranched alkanes of at least 4 members (excludes halogenated alkanes) is 2. The average Bonchev–Trinajstić information content (AvgIpc) is 3.18. The number of benzene rings is 2. The van der Waals surface area contributed by atoms with Gasteiger partial charge in [-0.25, -0.2) is 18.0 Å². The Morgan fingerprint density at radius 3 is 2.11 bits per heavy atom. The first-order valence-electron chi connectivity index (χ1n) is 21.9. The largest absolute Gasteiger partial charge is 0.493 e.